The molecule has 1 aliphatic heterocycles. The second-order valence-corrected chi connectivity index (χ2v) is 9.92. The second kappa shape index (κ2) is 9.94. The Kier molecular flexibility index (Phi) is 6.61. The summed E-state index contributed by atoms with van der Waals surface area (Å²) < 4.78 is 0. The number of para-hydroxylation sites is 1. The summed E-state index contributed by atoms with van der Waals surface area (Å²) in [6, 6.07) is 18.3. The van der Waals surface area contributed by atoms with Crippen LogP contribution in [0.3, 0.4) is 0 Å². The van der Waals surface area contributed by atoms with E-state index in [0.717, 1.165) is 43.7 Å². The van der Waals surface area contributed by atoms with Crippen molar-refractivity contribution in [1.82, 2.24) is 5.32 Å². The fraction of sp³-hybridized carbons (Fsp3) is 0.448. The van der Waals surface area contributed by atoms with Gasteiger partial charge >= 0.3 is 0 Å². The quantitative estimate of drug-likeness (QED) is 0.608. The van der Waals surface area contributed by atoms with Crippen LogP contribution in [0.25, 0.3) is 0 Å². The molecule has 3 aliphatic rings. The molecule has 33 heavy (non-hydrogen) atoms. The van der Waals surface area contributed by atoms with Crippen LogP contribution < -0.4 is 10.2 Å². The molecule has 0 bridgehead atoms. The molecule has 5 rings (SSSR count). The number of amides is 2. The molecule has 2 amide bonds. The van der Waals surface area contributed by atoms with E-state index in [1.807, 2.05) is 47.4 Å². The Morgan fingerprint density at radius 3 is 2.70 bits per heavy atom. The van der Waals surface area contributed by atoms with E-state index < -0.39 is 0 Å². The highest BCUT2D eigenvalue weighted by Crippen LogP contribution is 2.51. The Morgan fingerprint density at radius 2 is 1.82 bits per heavy atom. The monoisotopic (exact) mass is 442 g/mol. The lowest BCUT2D eigenvalue weighted by atomic mass is 9.96. The zero-order valence-corrected chi connectivity index (χ0v) is 19.3. The Hall–Kier alpha value is -2.88. The van der Waals surface area contributed by atoms with Crippen molar-refractivity contribution in [2.24, 2.45) is 17.8 Å². The third-order valence-electron chi connectivity index (χ3n) is 7.71. The number of fused-ring (bicyclic) bond motifs is 2. The molecule has 4 unspecified atom stereocenters. The van der Waals surface area contributed by atoms with Crippen molar-refractivity contribution < 1.29 is 9.59 Å². The predicted octanol–water partition coefficient (Wildman–Crippen LogP) is 5.08. The van der Waals surface area contributed by atoms with E-state index in [0.29, 0.717) is 12.5 Å². The van der Waals surface area contributed by atoms with Gasteiger partial charge in [0.2, 0.25) is 5.91 Å². The van der Waals surface area contributed by atoms with Crippen molar-refractivity contribution in [2.75, 3.05) is 11.4 Å². The van der Waals surface area contributed by atoms with Gasteiger partial charge < -0.3 is 10.2 Å². The van der Waals surface area contributed by atoms with Crippen molar-refractivity contribution in [3.05, 3.63) is 77.9 Å². The smallest absolute Gasteiger partial charge is 0.250 e. The van der Waals surface area contributed by atoms with Gasteiger partial charge in [0, 0.05) is 30.3 Å². The average molecular weight is 443 g/mol. The SMILES string of the molecule is O=C(NC(C=CC(=O)N1CCc2ccccc21)CCc1ccccc1)C1CCCCC2CC21. The molecule has 0 radical (unpaired) electrons. The van der Waals surface area contributed by atoms with Crippen molar-refractivity contribution in [3.8, 4) is 0 Å². The topological polar surface area (TPSA) is 49.4 Å². The Bertz CT molecular complexity index is 1020. The summed E-state index contributed by atoms with van der Waals surface area (Å²) in [5, 5.41) is 3.31. The molecule has 2 fully saturated rings. The van der Waals surface area contributed by atoms with Crippen LogP contribution in [-0.2, 0) is 22.4 Å². The van der Waals surface area contributed by atoms with E-state index in [9.17, 15) is 9.59 Å². The maximum Gasteiger partial charge on any atom is 0.250 e. The van der Waals surface area contributed by atoms with Gasteiger partial charge in [-0.2, -0.15) is 0 Å². The molecule has 1 heterocycles. The summed E-state index contributed by atoms with van der Waals surface area (Å²) in [5.41, 5.74) is 3.48. The summed E-state index contributed by atoms with van der Waals surface area (Å²) in [6.07, 6.45) is 12.1. The molecule has 172 valence electrons. The van der Waals surface area contributed by atoms with Crippen LogP contribution in [0, 0.1) is 17.8 Å². The summed E-state index contributed by atoms with van der Waals surface area (Å²) in [5.74, 6) is 1.67. The van der Waals surface area contributed by atoms with Crippen molar-refractivity contribution in [3.63, 3.8) is 0 Å². The molecule has 0 spiro atoms. The van der Waals surface area contributed by atoms with E-state index in [1.54, 1.807) is 6.08 Å². The minimum atomic E-state index is -0.139. The van der Waals surface area contributed by atoms with E-state index in [-0.39, 0.29) is 23.8 Å². The summed E-state index contributed by atoms with van der Waals surface area (Å²) in [4.78, 5) is 28.1. The zero-order valence-electron chi connectivity index (χ0n) is 19.3. The van der Waals surface area contributed by atoms with E-state index in [4.69, 9.17) is 0 Å². The predicted molar refractivity (Wildman–Crippen MR) is 132 cm³/mol. The van der Waals surface area contributed by atoms with Crippen LogP contribution in [0.4, 0.5) is 5.69 Å². The van der Waals surface area contributed by atoms with Crippen LogP contribution in [0.2, 0.25) is 0 Å². The lowest BCUT2D eigenvalue weighted by Gasteiger charge is -2.21. The average Bonchev–Trinajstić information content (AvgIpc) is 3.51. The fourth-order valence-corrected chi connectivity index (χ4v) is 5.73. The van der Waals surface area contributed by atoms with Gasteiger partial charge in [-0.15, -0.1) is 0 Å². The van der Waals surface area contributed by atoms with Gasteiger partial charge in [0.15, 0.2) is 0 Å². The molecule has 0 saturated heterocycles. The molecule has 2 aromatic rings. The maximum absolute atomic E-state index is 13.2. The first kappa shape index (κ1) is 21.9. The second-order valence-electron chi connectivity index (χ2n) is 9.92. The molecular formula is C29H34N2O2. The van der Waals surface area contributed by atoms with E-state index in [1.165, 1.54) is 30.4 Å². The van der Waals surface area contributed by atoms with Crippen LogP contribution in [0.5, 0.6) is 0 Å². The normalized spacial score (nSPS) is 24.6. The minimum absolute atomic E-state index is 0.00404. The largest absolute Gasteiger partial charge is 0.350 e. The number of hydrogen-bond acceptors (Lipinski definition) is 2. The minimum Gasteiger partial charge on any atom is -0.350 e. The standard InChI is InChI=1S/C29H34N2O2/c32-28(31-19-18-22-10-5-7-13-27(22)31)17-16-24(15-14-21-8-2-1-3-9-21)30-29(33)25-12-6-4-11-23-20-26(23)25/h1-3,5,7-10,13,16-17,23-26H,4,6,11-12,14-15,18-20H2,(H,30,33). The van der Waals surface area contributed by atoms with Gasteiger partial charge in [-0.1, -0.05) is 73.9 Å². The lowest BCUT2D eigenvalue weighted by Crippen LogP contribution is -2.39. The number of aryl methyl sites for hydroxylation is 1. The van der Waals surface area contributed by atoms with Crippen LogP contribution in [0.1, 0.15) is 49.7 Å². The number of anilines is 1. The van der Waals surface area contributed by atoms with Gasteiger partial charge in [0.1, 0.15) is 0 Å². The Morgan fingerprint density at radius 1 is 1.03 bits per heavy atom. The molecule has 4 atom stereocenters. The van der Waals surface area contributed by atoms with Crippen molar-refractivity contribution in [1.29, 1.82) is 0 Å². The first-order valence-corrected chi connectivity index (χ1v) is 12.6. The fourth-order valence-electron chi connectivity index (χ4n) is 5.73. The lowest BCUT2D eigenvalue weighted by molar-refractivity contribution is -0.126. The third kappa shape index (κ3) is 5.21. The third-order valence-corrected chi connectivity index (χ3v) is 7.71. The van der Waals surface area contributed by atoms with E-state index >= 15 is 0 Å². The van der Waals surface area contributed by atoms with Crippen LogP contribution >= 0.6 is 0 Å². The number of benzene rings is 2. The molecule has 0 aromatic heterocycles. The highest BCUT2D eigenvalue weighted by molar-refractivity contribution is 6.03. The maximum atomic E-state index is 13.2. The number of rotatable bonds is 7. The molecule has 2 aromatic carbocycles. The van der Waals surface area contributed by atoms with Gasteiger partial charge in [-0.25, -0.2) is 0 Å². The molecule has 2 saturated carbocycles. The summed E-state index contributed by atoms with van der Waals surface area (Å²) in [6.45, 7) is 0.717. The first-order chi connectivity index (χ1) is 16.2. The first-order valence-electron chi connectivity index (χ1n) is 12.6. The molecule has 2 aliphatic carbocycles. The number of nitrogens with one attached hydrogen (secondary N) is 1. The van der Waals surface area contributed by atoms with Gasteiger partial charge in [0.25, 0.3) is 5.91 Å². The highest BCUT2D eigenvalue weighted by atomic mass is 16.2. The highest BCUT2D eigenvalue weighted by Gasteiger charge is 2.46. The molecular weight excluding hydrogens is 408 g/mol. The zero-order chi connectivity index (χ0) is 22.6. The van der Waals surface area contributed by atoms with Gasteiger partial charge in [-0.05, 0) is 61.1 Å². The van der Waals surface area contributed by atoms with Crippen LogP contribution in [0.15, 0.2) is 66.7 Å². The number of carbonyl (C=O) groups is 2. The Balaban J connectivity index is 1.27. The van der Waals surface area contributed by atoms with Gasteiger partial charge in [0.05, 0.1) is 0 Å². The summed E-state index contributed by atoms with van der Waals surface area (Å²) in [7, 11) is 0. The molecule has 1 N–H and O–H groups in total. The Labute approximate surface area is 197 Å². The molecule has 4 nitrogen and oxygen atoms in total. The molecule has 4 heteroatoms. The van der Waals surface area contributed by atoms with Crippen molar-refractivity contribution in [2.45, 2.75) is 57.4 Å². The number of nitrogens with zero attached hydrogens (tertiary/aromatic N) is 1. The van der Waals surface area contributed by atoms with Crippen LogP contribution in [-0.4, -0.2) is 24.4 Å². The number of hydrogen-bond donors (Lipinski definition) is 1. The summed E-state index contributed by atoms with van der Waals surface area (Å²) >= 11 is 0. The van der Waals surface area contributed by atoms with Crippen molar-refractivity contribution >= 4 is 17.5 Å². The van der Waals surface area contributed by atoms with Gasteiger partial charge in [-0.3, -0.25) is 9.59 Å². The van der Waals surface area contributed by atoms with E-state index in [2.05, 4.69) is 23.5 Å². The number of carbonyl (C=O) groups excluding carboxylic acids is 2.